The van der Waals surface area contributed by atoms with E-state index in [0.717, 1.165) is 42.2 Å². The van der Waals surface area contributed by atoms with Crippen molar-refractivity contribution in [1.82, 2.24) is 15.3 Å². The van der Waals surface area contributed by atoms with E-state index in [4.69, 9.17) is 4.74 Å². The number of hydrogen-bond acceptors (Lipinski definition) is 5. The summed E-state index contributed by atoms with van der Waals surface area (Å²) < 4.78 is 6.81. The molecule has 1 fully saturated rings. The van der Waals surface area contributed by atoms with Gasteiger partial charge in [0, 0.05) is 38.6 Å². The lowest BCUT2D eigenvalue weighted by Crippen LogP contribution is -2.44. The molecule has 6 heteroatoms. The van der Waals surface area contributed by atoms with E-state index in [1.807, 2.05) is 24.3 Å². The van der Waals surface area contributed by atoms with E-state index in [1.165, 1.54) is 0 Å². The molecular formula is C14H15BrN4O. The van der Waals surface area contributed by atoms with E-state index in [1.54, 1.807) is 12.4 Å². The summed E-state index contributed by atoms with van der Waals surface area (Å²) in [5.74, 6) is 2.08. The Hall–Kier alpha value is -1.66. The van der Waals surface area contributed by atoms with Gasteiger partial charge in [-0.05, 0) is 28.1 Å². The molecule has 104 valence electrons. The Morgan fingerprint density at radius 1 is 1.10 bits per heavy atom. The number of halogens is 1. The number of ether oxygens (including phenoxy) is 1. The molecule has 2 aromatic rings. The summed E-state index contributed by atoms with van der Waals surface area (Å²) >= 11 is 3.48. The Kier molecular flexibility index (Phi) is 4.13. The Balaban J connectivity index is 1.88. The zero-order chi connectivity index (χ0) is 13.8. The van der Waals surface area contributed by atoms with E-state index < -0.39 is 0 Å². The van der Waals surface area contributed by atoms with Gasteiger partial charge in [0.05, 0.1) is 4.47 Å². The number of hydrogen-bond donors (Lipinski definition) is 1. The standard InChI is InChI=1S/C14H15BrN4O/c15-11-3-1-2-4-12(11)20-14-13(17-5-6-18-14)19-9-7-16-8-10-19/h1-6,16H,7-10H2. The number of rotatable bonds is 3. The number of para-hydroxylation sites is 1. The van der Waals surface area contributed by atoms with E-state index >= 15 is 0 Å². The van der Waals surface area contributed by atoms with Crippen molar-refractivity contribution in [3.8, 4) is 11.6 Å². The highest BCUT2D eigenvalue weighted by Gasteiger charge is 2.18. The van der Waals surface area contributed by atoms with Gasteiger partial charge in [0.25, 0.3) is 5.88 Å². The zero-order valence-corrected chi connectivity index (χ0v) is 12.5. The number of nitrogens with one attached hydrogen (secondary N) is 1. The Labute approximate surface area is 126 Å². The first kappa shape index (κ1) is 13.3. The van der Waals surface area contributed by atoms with Gasteiger partial charge in [0.1, 0.15) is 5.75 Å². The predicted octanol–water partition coefficient (Wildman–Crippen LogP) is 2.44. The summed E-state index contributed by atoms with van der Waals surface area (Å²) in [5, 5.41) is 3.32. The fraction of sp³-hybridized carbons (Fsp3) is 0.286. The highest BCUT2D eigenvalue weighted by Crippen LogP contribution is 2.32. The van der Waals surface area contributed by atoms with Crippen molar-refractivity contribution >= 4 is 21.7 Å². The average molecular weight is 335 g/mol. The SMILES string of the molecule is Brc1ccccc1Oc1nccnc1N1CCNCC1. The molecular weight excluding hydrogens is 320 g/mol. The monoisotopic (exact) mass is 334 g/mol. The highest BCUT2D eigenvalue weighted by atomic mass is 79.9. The molecule has 0 spiro atoms. The number of benzene rings is 1. The third-order valence-electron chi connectivity index (χ3n) is 3.11. The van der Waals surface area contributed by atoms with Gasteiger partial charge in [-0.3, -0.25) is 0 Å². The van der Waals surface area contributed by atoms with Crippen LogP contribution < -0.4 is 15.0 Å². The molecule has 0 unspecified atom stereocenters. The van der Waals surface area contributed by atoms with Gasteiger partial charge in [-0.1, -0.05) is 12.1 Å². The van der Waals surface area contributed by atoms with Crippen molar-refractivity contribution < 1.29 is 4.74 Å². The molecule has 20 heavy (non-hydrogen) atoms. The zero-order valence-electron chi connectivity index (χ0n) is 10.9. The first-order valence-electron chi connectivity index (χ1n) is 6.53. The van der Waals surface area contributed by atoms with Crippen LogP contribution in [0, 0.1) is 0 Å². The van der Waals surface area contributed by atoms with Gasteiger partial charge < -0.3 is 15.0 Å². The number of nitrogens with zero attached hydrogens (tertiary/aromatic N) is 3. The lowest BCUT2D eigenvalue weighted by atomic mass is 10.3. The minimum atomic E-state index is 0.543. The van der Waals surface area contributed by atoms with Gasteiger partial charge in [-0.15, -0.1) is 0 Å². The van der Waals surface area contributed by atoms with Gasteiger partial charge in [0.15, 0.2) is 5.82 Å². The normalized spacial score (nSPS) is 15.2. The van der Waals surface area contributed by atoms with Crippen LogP contribution in [0.3, 0.4) is 0 Å². The van der Waals surface area contributed by atoms with Crippen LogP contribution in [-0.4, -0.2) is 36.1 Å². The fourth-order valence-electron chi connectivity index (χ4n) is 2.12. The summed E-state index contributed by atoms with van der Waals surface area (Å²) in [6, 6.07) is 7.72. The average Bonchev–Trinajstić information content (AvgIpc) is 2.51. The Bertz CT molecular complexity index is 587. The van der Waals surface area contributed by atoms with Crippen LogP contribution in [0.15, 0.2) is 41.1 Å². The maximum absolute atomic E-state index is 5.91. The first-order chi connectivity index (χ1) is 9.84. The molecule has 2 heterocycles. The van der Waals surface area contributed by atoms with Crippen LogP contribution in [0.5, 0.6) is 11.6 Å². The van der Waals surface area contributed by atoms with Crippen molar-refractivity contribution in [3.63, 3.8) is 0 Å². The van der Waals surface area contributed by atoms with Gasteiger partial charge >= 0.3 is 0 Å². The molecule has 1 saturated heterocycles. The Morgan fingerprint density at radius 3 is 2.65 bits per heavy atom. The van der Waals surface area contributed by atoms with E-state index in [2.05, 4.69) is 36.1 Å². The van der Waals surface area contributed by atoms with Crippen LogP contribution in [0.1, 0.15) is 0 Å². The number of piperazine rings is 1. The van der Waals surface area contributed by atoms with Crippen molar-refractivity contribution in [2.45, 2.75) is 0 Å². The highest BCUT2D eigenvalue weighted by molar-refractivity contribution is 9.10. The molecule has 1 N–H and O–H groups in total. The van der Waals surface area contributed by atoms with Crippen LogP contribution >= 0.6 is 15.9 Å². The lowest BCUT2D eigenvalue weighted by Gasteiger charge is -2.28. The molecule has 0 bridgehead atoms. The largest absolute Gasteiger partial charge is 0.435 e. The Morgan fingerprint density at radius 2 is 1.85 bits per heavy atom. The molecule has 0 amide bonds. The van der Waals surface area contributed by atoms with Crippen molar-refractivity contribution in [2.24, 2.45) is 0 Å². The first-order valence-corrected chi connectivity index (χ1v) is 7.33. The van der Waals surface area contributed by atoms with Gasteiger partial charge in [0.2, 0.25) is 0 Å². The number of anilines is 1. The topological polar surface area (TPSA) is 50.3 Å². The van der Waals surface area contributed by atoms with E-state index in [0.29, 0.717) is 5.88 Å². The van der Waals surface area contributed by atoms with Crippen molar-refractivity contribution in [2.75, 3.05) is 31.1 Å². The molecule has 0 saturated carbocycles. The second-order valence-electron chi connectivity index (χ2n) is 4.45. The van der Waals surface area contributed by atoms with Crippen LogP contribution in [0.2, 0.25) is 0 Å². The van der Waals surface area contributed by atoms with Crippen LogP contribution in [0.4, 0.5) is 5.82 Å². The molecule has 1 aromatic heterocycles. The fourth-order valence-corrected chi connectivity index (χ4v) is 2.48. The summed E-state index contributed by atoms with van der Waals surface area (Å²) in [7, 11) is 0. The maximum Gasteiger partial charge on any atom is 0.263 e. The summed E-state index contributed by atoms with van der Waals surface area (Å²) in [4.78, 5) is 10.9. The van der Waals surface area contributed by atoms with Crippen molar-refractivity contribution in [3.05, 3.63) is 41.1 Å². The lowest BCUT2D eigenvalue weighted by molar-refractivity contribution is 0.453. The summed E-state index contributed by atoms with van der Waals surface area (Å²) in [6.07, 6.45) is 3.35. The van der Waals surface area contributed by atoms with Gasteiger partial charge in [-0.25, -0.2) is 9.97 Å². The third-order valence-corrected chi connectivity index (χ3v) is 3.76. The molecule has 0 aliphatic carbocycles. The number of aromatic nitrogens is 2. The molecule has 1 aromatic carbocycles. The molecule has 5 nitrogen and oxygen atoms in total. The minimum Gasteiger partial charge on any atom is -0.435 e. The maximum atomic E-state index is 5.91. The summed E-state index contributed by atoms with van der Waals surface area (Å²) in [6.45, 7) is 3.71. The second kappa shape index (κ2) is 6.19. The van der Waals surface area contributed by atoms with E-state index in [-0.39, 0.29) is 0 Å². The smallest absolute Gasteiger partial charge is 0.263 e. The van der Waals surface area contributed by atoms with Gasteiger partial charge in [-0.2, -0.15) is 0 Å². The van der Waals surface area contributed by atoms with Crippen molar-refractivity contribution in [1.29, 1.82) is 0 Å². The quantitative estimate of drug-likeness (QED) is 0.934. The molecule has 0 atom stereocenters. The molecule has 1 aliphatic rings. The molecule has 3 rings (SSSR count). The minimum absolute atomic E-state index is 0.543. The van der Waals surface area contributed by atoms with Crippen LogP contribution in [0.25, 0.3) is 0 Å². The predicted molar refractivity (Wildman–Crippen MR) is 81.3 cm³/mol. The van der Waals surface area contributed by atoms with Crippen LogP contribution in [-0.2, 0) is 0 Å². The molecule has 0 radical (unpaired) electrons. The second-order valence-corrected chi connectivity index (χ2v) is 5.31. The third kappa shape index (κ3) is 2.91. The molecule has 1 aliphatic heterocycles. The summed E-state index contributed by atoms with van der Waals surface area (Å²) in [5.41, 5.74) is 0. The van der Waals surface area contributed by atoms with E-state index in [9.17, 15) is 0 Å².